The van der Waals surface area contributed by atoms with E-state index in [1.165, 1.54) is 0 Å². The average Bonchev–Trinajstić information content (AvgIpc) is 2.42. The van der Waals surface area contributed by atoms with Crippen molar-refractivity contribution in [3.63, 3.8) is 0 Å². The van der Waals surface area contributed by atoms with E-state index in [4.69, 9.17) is 11.6 Å². The quantitative estimate of drug-likeness (QED) is 0.796. The fraction of sp³-hybridized carbons (Fsp3) is 0.700. The lowest BCUT2D eigenvalue weighted by Gasteiger charge is -2.15. The first kappa shape index (κ1) is 12.9. The maximum atomic E-state index is 6.16. The predicted molar refractivity (Wildman–Crippen MR) is 67.7 cm³/mol. The van der Waals surface area contributed by atoms with E-state index in [1.807, 2.05) is 25.7 Å². The lowest BCUT2D eigenvalue weighted by Crippen LogP contribution is -2.21. The lowest BCUT2D eigenvalue weighted by molar-refractivity contribution is 0.348. The highest BCUT2D eigenvalue weighted by molar-refractivity contribution is 7.98. The molecule has 0 fully saturated rings. The highest BCUT2D eigenvalue weighted by atomic mass is 35.5. The van der Waals surface area contributed by atoms with Crippen molar-refractivity contribution in [2.75, 3.05) is 25.6 Å². The van der Waals surface area contributed by atoms with Crippen molar-refractivity contribution < 1.29 is 0 Å². The zero-order valence-electron chi connectivity index (χ0n) is 9.75. The zero-order valence-corrected chi connectivity index (χ0v) is 11.3. The van der Waals surface area contributed by atoms with Gasteiger partial charge in [0.05, 0.1) is 5.69 Å². The predicted octanol–water partition coefficient (Wildman–Crippen LogP) is 2.18. The summed E-state index contributed by atoms with van der Waals surface area (Å²) in [5.41, 5.74) is 2.17. The summed E-state index contributed by atoms with van der Waals surface area (Å²) in [6.45, 7) is 3.95. The summed E-state index contributed by atoms with van der Waals surface area (Å²) in [4.78, 5) is 2.27. The second kappa shape index (κ2) is 5.77. The molecule has 0 unspecified atom stereocenters. The lowest BCUT2D eigenvalue weighted by atomic mass is 10.2. The van der Waals surface area contributed by atoms with Gasteiger partial charge in [-0.3, -0.25) is 4.68 Å². The Balaban J connectivity index is 2.63. The normalized spacial score (nSPS) is 11.3. The molecule has 0 saturated heterocycles. The minimum atomic E-state index is 0.753. The monoisotopic (exact) mass is 247 g/mol. The Bertz CT molecular complexity index is 325. The number of halogens is 1. The molecule has 15 heavy (non-hydrogen) atoms. The van der Waals surface area contributed by atoms with Crippen molar-refractivity contribution in [3.8, 4) is 0 Å². The van der Waals surface area contributed by atoms with Gasteiger partial charge in [0.15, 0.2) is 0 Å². The van der Waals surface area contributed by atoms with Gasteiger partial charge < -0.3 is 4.90 Å². The summed E-state index contributed by atoms with van der Waals surface area (Å²) in [6.07, 6.45) is 2.12. The summed E-state index contributed by atoms with van der Waals surface area (Å²) in [5.74, 6) is 1.15. The van der Waals surface area contributed by atoms with Gasteiger partial charge in [-0.25, -0.2) is 0 Å². The van der Waals surface area contributed by atoms with E-state index in [1.54, 1.807) is 4.68 Å². The molecule has 5 heteroatoms. The molecule has 1 heterocycles. The van der Waals surface area contributed by atoms with Crippen LogP contribution in [-0.2, 0) is 13.6 Å². The second-order valence-electron chi connectivity index (χ2n) is 3.71. The summed E-state index contributed by atoms with van der Waals surface area (Å²) in [6, 6.07) is 0. The Morgan fingerprint density at radius 2 is 2.20 bits per heavy atom. The molecule has 0 saturated carbocycles. The minimum Gasteiger partial charge on any atom is -0.301 e. The molecule has 0 aromatic carbocycles. The summed E-state index contributed by atoms with van der Waals surface area (Å²) in [5, 5.41) is 5.05. The molecule has 0 atom stereocenters. The number of hydrogen-bond donors (Lipinski definition) is 0. The van der Waals surface area contributed by atoms with E-state index in [2.05, 4.69) is 23.3 Å². The summed E-state index contributed by atoms with van der Waals surface area (Å²) >= 11 is 8.02. The highest BCUT2D eigenvalue weighted by Crippen LogP contribution is 2.19. The molecule has 0 bridgehead atoms. The molecule has 0 aliphatic carbocycles. The fourth-order valence-electron chi connectivity index (χ4n) is 1.45. The van der Waals surface area contributed by atoms with Crippen molar-refractivity contribution >= 4 is 23.4 Å². The van der Waals surface area contributed by atoms with Gasteiger partial charge in [0.25, 0.3) is 0 Å². The number of thioether (sulfide) groups is 1. The number of rotatable bonds is 5. The highest BCUT2D eigenvalue weighted by Gasteiger charge is 2.12. The van der Waals surface area contributed by atoms with Crippen LogP contribution in [-0.4, -0.2) is 40.3 Å². The SMILES string of the molecule is CSCCN(C)Cc1c(C)nn(C)c1Cl. The van der Waals surface area contributed by atoms with Crippen LogP contribution in [0.1, 0.15) is 11.3 Å². The second-order valence-corrected chi connectivity index (χ2v) is 5.05. The van der Waals surface area contributed by atoms with Crippen LogP contribution >= 0.6 is 23.4 Å². The summed E-state index contributed by atoms with van der Waals surface area (Å²) < 4.78 is 1.73. The molecule has 1 rings (SSSR count). The van der Waals surface area contributed by atoms with E-state index in [9.17, 15) is 0 Å². The molecule has 0 spiro atoms. The molecule has 1 aromatic rings. The van der Waals surface area contributed by atoms with E-state index in [-0.39, 0.29) is 0 Å². The Labute approximate surface area is 101 Å². The van der Waals surface area contributed by atoms with E-state index >= 15 is 0 Å². The van der Waals surface area contributed by atoms with Crippen molar-refractivity contribution in [3.05, 3.63) is 16.4 Å². The molecule has 0 aliphatic rings. The van der Waals surface area contributed by atoms with Crippen LogP contribution in [0.25, 0.3) is 0 Å². The van der Waals surface area contributed by atoms with Crippen molar-refractivity contribution in [2.45, 2.75) is 13.5 Å². The summed E-state index contributed by atoms with van der Waals surface area (Å²) in [7, 11) is 3.99. The topological polar surface area (TPSA) is 21.1 Å². The number of nitrogens with zero attached hydrogens (tertiary/aromatic N) is 3. The third kappa shape index (κ3) is 3.40. The van der Waals surface area contributed by atoms with Crippen LogP contribution in [0.15, 0.2) is 0 Å². The molecule has 3 nitrogen and oxygen atoms in total. The molecular weight excluding hydrogens is 230 g/mol. The maximum Gasteiger partial charge on any atom is 0.131 e. The van der Waals surface area contributed by atoms with Crippen molar-refractivity contribution in [2.24, 2.45) is 7.05 Å². The van der Waals surface area contributed by atoms with Crippen LogP contribution in [0.4, 0.5) is 0 Å². The van der Waals surface area contributed by atoms with Crippen molar-refractivity contribution in [1.82, 2.24) is 14.7 Å². The molecular formula is C10H18ClN3S. The number of aromatic nitrogens is 2. The first-order chi connectivity index (χ1) is 7.06. The fourth-order valence-corrected chi connectivity index (χ4v) is 2.18. The van der Waals surface area contributed by atoms with Gasteiger partial charge in [-0.15, -0.1) is 0 Å². The van der Waals surface area contributed by atoms with Gasteiger partial charge in [0.1, 0.15) is 5.15 Å². The van der Waals surface area contributed by atoms with Crippen LogP contribution < -0.4 is 0 Å². The first-order valence-electron chi connectivity index (χ1n) is 4.91. The minimum absolute atomic E-state index is 0.753. The van der Waals surface area contributed by atoms with Crippen molar-refractivity contribution in [1.29, 1.82) is 0 Å². The average molecular weight is 248 g/mol. The van der Waals surface area contributed by atoms with Gasteiger partial charge >= 0.3 is 0 Å². The van der Waals surface area contributed by atoms with Crippen LogP contribution in [0.2, 0.25) is 5.15 Å². The Morgan fingerprint density at radius 1 is 1.53 bits per heavy atom. The van der Waals surface area contributed by atoms with E-state index in [0.29, 0.717) is 0 Å². The molecule has 0 amide bonds. The molecule has 1 aromatic heterocycles. The third-order valence-corrected chi connectivity index (χ3v) is 3.44. The smallest absolute Gasteiger partial charge is 0.131 e. The zero-order chi connectivity index (χ0) is 11.4. The van der Waals surface area contributed by atoms with Gasteiger partial charge in [0.2, 0.25) is 0 Å². The standard InChI is InChI=1S/C10H18ClN3S/c1-8-9(10(11)14(3)12-8)7-13(2)5-6-15-4/h5-7H2,1-4H3. The van der Waals surface area contributed by atoms with E-state index in [0.717, 1.165) is 35.3 Å². The van der Waals surface area contributed by atoms with E-state index < -0.39 is 0 Å². The molecule has 0 N–H and O–H groups in total. The number of aryl methyl sites for hydroxylation is 2. The Hall–Kier alpha value is -0.190. The van der Waals surface area contributed by atoms with Crippen LogP contribution in [0, 0.1) is 6.92 Å². The van der Waals surface area contributed by atoms with Gasteiger partial charge in [0, 0.05) is 31.5 Å². The van der Waals surface area contributed by atoms with Gasteiger partial charge in [-0.2, -0.15) is 16.9 Å². The van der Waals surface area contributed by atoms with Crippen LogP contribution in [0.5, 0.6) is 0 Å². The Morgan fingerprint density at radius 3 is 2.67 bits per heavy atom. The molecule has 0 radical (unpaired) electrons. The first-order valence-corrected chi connectivity index (χ1v) is 6.69. The molecule has 86 valence electrons. The number of hydrogen-bond acceptors (Lipinski definition) is 3. The van der Waals surface area contributed by atoms with Crippen LogP contribution in [0.3, 0.4) is 0 Å². The van der Waals surface area contributed by atoms with Gasteiger partial charge in [-0.1, -0.05) is 11.6 Å². The maximum absolute atomic E-state index is 6.16. The third-order valence-electron chi connectivity index (χ3n) is 2.38. The Kier molecular flexibility index (Phi) is 4.96. The molecule has 0 aliphatic heterocycles. The van der Waals surface area contributed by atoms with Gasteiger partial charge in [-0.05, 0) is 20.2 Å². The largest absolute Gasteiger partial charge is 0.301 e.